The Kier molecular flexibility index (Phi) is 8.64. The maximum absolute atomic E-state index is 3.50. The quantitative estimate of drug-likeness (QED) is 0.638. The van der Waals surface area contributed by atoms with Gasteiger partial charge in [0.25, 0.3) is 0 Å². The van der Waals surface area contributed by atoms with Crippen molar-refractivity contribution in [1.82, 2.24) is 5.32 Å². The third-order valence-corrected chi connectivity index (χ3v) is 2.50. The van der Waals surface area contributed by atoms with Gasteiger partial charge in [0.15, 0.2) is 0 Å². The van der Waals surface area contributed by atoms with E-state index in [9.17, 15) is 0 Å². The third kappa shape index (κ3) is 6.70. The Hall–Kier alpha value is 0.310. The van der Waals surface area contributed by atoms with Crippen LogP contribution in [0.3, 0.4) is 0 Å². The van der Waals surface area contributed by atoms with E-state index in [2.05, 4.69) is 25.4 Å². The predicted molar refractivity (Wildman–Crippen MR) is 55.4 cm³/mol. The molecule has 0 aliphatic heterocycles. The first kappa shape index (κ1) is 11.3. The molecule has 0 rings (SSSR count). The molecule has 1 nitrogen and oxygen atoms in total. The standard InChI is InChI=1S/C9H21NS/c1-4-6-7-9(8-11-3)10-5-2/h9-10H,4-8H2,1-3H3. The maximum Gasteiger partial charge on any atom is 0.0157 e. The highest BCUT2D eigenvalue weighted by Crippen LogP contribution is 2.05. The predicted octanol–water partition coefficient (Wildman–Crippen LogP) is 2.52. The first-order valence-electron chi connectivity index (χ1n) is 4.57. The minimum Gasteiger partial charge on any atom is -0.313 e. The molecule has 0 aromatic heterocycles. The van der Waals surface area contributed by atoms with E-state index in [1.807, 2.05) is 11.8 Å². The highest BCUT2D eigenvalue weighted by Gasteiger charge is 2.03. The summed E-state index contributed by atoms with van der Waals surface area (Å²) in [5, 5.41) is 3.50. The van der Waals surface area contributed by atoms with Gasteiger partial charge < -0.3 is 5.32 Å². The van der Waals surface area contributed by atoms with Crippen LogP contribution < -0.4 is 5.32 Å². The van der Waals surface area contributed by atoms with Gasteiger partial charge in [0.2, 0.25) is 0 Å². The third-order valence-electron chi connectivity index (χ3n) is 1.77. The molecule has 0 saturated carbocycles. The van der Waals surface area contributed by atoms with Crippen LogP contribution in [-0.2, 0) is 0 Å². The van der Waals surface area contributed by atoms with Crippen LogP contribution in [0.15, 0.2) is 0 Å². The average Bonchev–Trinajstić information content (AvgIpc) is 2.01. The first-order chi connectivity index (χ1) is 5.35. The molecule has 0 aromatic carbocycles. The Balaban J connectivity index is 3.34. The lowest BCUT2D eigenvalue weighted by molar-refractivity contribution is 0.515. The minimum absolute atomic E-state index is 0.745. The Bertz CT molecular complexity index is 70.0. The van der Waals surface area contributed by atoms with Crippen molar-refractivity contribution < 1.29 is 0 Å². The molecule has 1 unspecified atom stereocenters. The first-order valence-corrected chi connectivity index (χ1v) is 5.96. The summed E-state index contributed by atoms with van der Waals surface area (Å²) in [4.78, 5) is 0. The van der Waals surface area contributed by atoms with Crippen molar-refractivity contribution in [3.63, 3.8) is 0 Å². The van der Waals surface area contributed by atoms with Gasteiger partial charge in [0.1, 0.15) is 0 Å². The summed E-state index contributed by atoms with van der Waals surface area (Å²) in [7, 11) is 0. The maximum atomic E-state index is 3.50. The van der Waals surface area contributed by atoms with Gasteiger partial charge in [-0.25, -0.2) is 0 Å². The van der Waals surface area contributed by atoms with Gasteiger partial charge in [0, 0.05) is 11.8 Å². The lowest BCUT2D eigenvalue weighted by Crippen LogP contribution is -2.30. The van der Waals surface area contributed by atoms with Gasteiger partial charge in [-0.05, 0) is 19.2 Å². The van der Waals surface area contributed by atoms with Crippen molar-refractivity contribution >= 4 is 11.8 Å². The van der Waals surface area contributed by atoms with E-state index in [0.717, 1.165) is 12.6 Å². The molecule has 0 bridgehead atoms. The monoisotopic (exact) mass is 175 g/mol. The summed E-state index contributed by atoms with van der Waals surface area (Å²) in [6.07, 6.45) is 6.19. The van der Waals surface area contributed by atoms with Gasteiger partial charge in [-0.1, -0.05) is 26.7 Å². The van der Waals surface area contributed by atoms with Gasteiger partial charge >= 0.3 is 0 Å². The van der Waals surface area contributed by atoms with E-state index < -0.39 is 0 Å². The van der Waals surface area contributed by atoms with Crippen LogP contribution in [-0.4, -0.2) is 24.6 Å². The van der Waals surface area contributed by atoms with Crippen LogP contribution >= 0.6 is 11.8 Å². The van der Waals surface area contributed by atoms with Gasteiger partial charge in [0.05, 0.1) is 0 Å². The smallest absolute Gasteiger partial charge is 0.0157 e. The molecular weight excluding hydrogens is 154 g/mol. The summed E-state index contributed by atoms with van der Waals surface area (Å²) >= 11 is 1.94. The Labute approximate surface area is 75.3 Å². The summed E-state index contributed by atoms with van der Waals surface area (Å²) < 4.78 is 0. The zero-order valence-electron chi connectivity index (χ0n) is 8.02. The molecule has 0 aliphatic rings. The van der Waals surface area contributed by atoms with Gasteiger partial charge in [-0.2, -0.15) is 11.8 Å². The zero-order chi connectivity index (χ0) is 8.53. The summed E-state index contributed by atoms with van der Waals surface area (Å²) in [5.74, 6) is 1.26. The molecule has 0 aliphatic carbocycles. The molecule has 0 fully saturated rings. The van der Waals surface area contributed by atoms with Crippen LogP contribution in [0.25, 0.3) is 0 Å². The van der Waals surface area contributed by atoms with Crippen LogP contribution in [0, 0.1) is 0 Å². The lowest BCUT2D eigenvalue weighted by Gasteiger charge is -2.15. The molecule has 0 aromatic rings. The zero-order valence-corrected chi connectivity index (χ0v) is 8.84. The Morgan fingerprint density at radius 1 is 1.36 bits per heavy atom. The summed E-state index contributed by atoms with van der Waals surface area (Å²) in [5.41, 5.74) is 0. The second-order valence-electron chi connectivity index (χ2n) is 2.85. The number of hydrogen-bond donors (Lipinski definition) is 1. The average molecular weight is 175 g/mol. The number of hydrogen-bond acceptors (Lipinski definition) is 2. The van der Waals surface area contributed by atoms with Crippen LogP contribution in [0.5, 0.6) is 0 Å². The highest BCUT2D eigenvalue weighted by molar-refractivity contribution is 7.98. The van der Waals surface area contributed by atoms with Crippen molar-refractivity contribution in [2.45, 2.75) is 39.2 Å². The molecule has 0 heterocycles. The van der Waals surface area contributed by atoms with Crippen molar-refractivity contribution in [3.05, 3.63) is 0 Å². The highest BCUT2D eigenvalue weighted by atomic mass is 32.2. The molecule has 0 spiro atoms. The van der Waals surface area contributed by atoms with E-state index in [4.69, 9.17) is 0 Å². The fourth-order valence-electron chi connectivity index (χ4n) is 1.18. The summed E-state index contributed by atoms with van der Waals surface area (Å²) in [6.45, 7) is 5.54. The van der Waals surface area contributed by atoms with Crippen LogP contribution in [0.1, 0.15) is 33.1 Å². The number of nitrogens with one attached hydrogen (secondary N) is 1. The van der Waals surface area contributed by atoms with Gasteiger partial charge in [-0.15, -0.1) is 0 Å². The topological polar surface area (TPSA) is 12.0 Å². The normalized spacial score (nSPS) is 13.4. The molecule has 1 atom stereocenters. The second-order valence-corrected chi connectivity index (χ2v) is 3.76. The molecule has 0 saturated heterocycles. The van der Waals surface area contributed by atoms with Crippen LogP contribution in [0.4, 0.5) is 0 Å². The number of unbranched alkanes of at least 4 members (excludes halogenated alkanes) is 1. The molecule has 68 valence electrons. The van der Waals surface area contributed by atoms with Crippen LogP contribution in [0.2, 0.25) is 0 Å². The summed E-state index contributed by atoms with van der Waals surface area (Å²) in [6, 6.07) is 0.745. The van der Waals surface area contributed by atoms with Crippen molar-refractivity contribution in [1.29, 1.82) is 0 Å². The Morgan fingerprint density at radius 3 is 2.55 bits per heavy atom. The SMILES string of the molecule is CCCCC(CSC)NCC. The van der Waals surface area contributed by atoms with Crippen molar-refractivity contribution in [2.75, 3.05) is 18.6 Å². The largest absolute Gasteiger partial charge is 0.313 e. The van der Waals surface area contributed by atoms with Crippen molar-refractivity contribution in [2.24, 2.45) is 0 Å². The fourth-order valence-corrected chi connectivity index (χ4v) is 1.87. The van der Waals surface area contributed by atoms with E-state index >= 15 is 0 Å². The lowest BCUT2D eigenvalue weighted by atomic mass is 10.1. The molecular formula is C9H21NS. The molecule has 0 radical (unpaired) electrons. The minimum atomic E-state index is 0.745. The second kappa shape index (κ2) is 8.41. The van der Waals surface area contributed by atoms with E-state index in [-0.39, 0.29) is 0 Å². The van der Waals surface area contributed by atoms with Gasteiger partial charge in [-0.3, -0.25) is 0 Å². The molecule has 2 heteroatoms. The van der Waals surface area contributed by atoms with E-state index in [1.165, 1.54) is 25.0 Å². The molecule has 11 heavy (non-hydrogen) atoms. The number of thioether (sulfide) groups is 1. The molecule has 1 N–H and O–H groups in total. The Morgan fingerprint density at radius 2 is 2.09 bits per heavy atom. The van der Waals surface area contributed by atoms with Crippen molar-refractivity contribution in [3.8, 4) is 0 Å². The fraction of sp³-hybridized carbons (Fsp3) is 1.00. The number of rotatable bonds is 7. The van der Waals surface area contributed by atoms with E-state index in [0.29, 0.717) is 0 Å². The molecule has 0 amide bonds. The van der Waals surface area contributed by atoms with E-state index in [1.54, 1.807) is 0 Å².